The van der Waals surface area contributed by atoms with Gasteiger partial charge in [-0.25, -0.2) is 0 Å². The number of nitrogens with one attached hydrogen (secondary N) is 1. The lowest BCUT2D eigenvalue weighted by Crippen LogP contribution is -2.61. The molecule has 0 radical (unpaired) electrons. The Hall–Kier alpha value is -0.620. The summed E-state index contributed by atoms with van der Waals surface area (Å²) in [7, 11) is 1.87. The molecule has 120 valence electrons. The standard InChI is InChI=1S/C15H28ClN5/c1-11-12(14(16)20(4)19-11)10-13(18-17)15(2,3)21-8-6-5-7-9-21/h13,18H,5-10,17H2,1-4H3. The van der Waals surface area contributed by atoms with E-state index in [9.17, 15) is 0 Å². The molecule has 1 aromatic rings. The Morgan fingerprint density at radius 3 is 2.43 bits per heavy atom. The van der Waals surface area contributed by atoms with Crippen LogP contribution in [0.25, 0.3) is 0 Å². The van der Waals surface area contributed by atoms with Crippen LogP contribution < -0.4 is 11.3 Å². The summed E-state index contributed by atoms with van der Waals surface area (Å²) >= 11 is 6.37. The lowest BCUT2D eigenvalue weighted by Gasteiger charge is -2.45. The van der Waals surface area contributed by atoms with Gasteiger partial charge in [-0.3, -0.25) is 20.9 Å². The first-order chi connectivity index (χ1) is 9.87. The number of aromatic nitrogens is 2. The Morgan fingerprint density at radius 1 is 1.33 bits per heavy atom. The van der Waals surface area contributed by atoms with E-state index in [0.717, 1.165) is 30.8 Å². The molecule has 1 fully saturated rings. The van der Waals surface area contributed by atoms with E-state index in [-0.39, 0.29) is 11.6 Å². The smallest absolute Gasteiger partial charge is 0.130 e. The van der Waals surface area contributed by atoms with Gasteiger partial charge < -0.3 is 0 Å². The lowest BCUT2D eigenvalue weighted by molar-refractivity contribution is 0.0611. The van der Waals surface area contributed by atoms with Gasteiger partial charge >= 0.3 is 0 Å². The zero-order valence-corrected chi connectivity index (χ0v) is 14.4. The van der Waals surface area contributed by atoms with E-state index in [2.05, 4.69) is 29.3 Å². The number of nitrogens with two attached hydrogens (primary N) is 1. The van der Waals surface area contributed by atoms with E-state index >= 15 is 0 Å². The number of nitrogens with zero attached hydrogens (tertiary/aromatic N) is 3. The summed E-state index contributed by atoms with van der Waals surface area (Å²) in [5.74, 6) is 5.87. The van der Waals surface area contributed by atoms with Crippen molar-refractivity contribution in [3.05, 3.63) is 16.4 Å². The van der Waals surface area contributed by atoms with Crippen LogP contribution in [0.3, 0.4) is 0 Å². The average molecular weight is 314 g/mol. The monoisotopic (exact) mass is 313 g/mol. The molecule has 0 bridgehead atoms. The maximum Gasteiger partial charge on any atom is 0.130 e. The van der Waals surface area contributed by atoms with E-state index in [0.29, 0.717) is 5.15 Å². The molecule has 1 aliphatic heterocycles. The largest absolute Gasteiger partial charge is 0.297 e. The summed E-state index contributed by atoms with van der Waals surface area (Å²) in [6.45, 7) is 8.82. The zero-order chi connectivity index (χ0) is 15.6. The highest BCUT2D eigenvalue weighted by Crippen LogP contribution is 2.28. The van der Waals surface area contributed by atoms with E-state index in [1.165, 1.54) is 19.3 Å². The van der Waals surface area contributed by atoms with Crippen molar-refractivity contribution in [2.75, 3.05) is 13.1 Å². The van der Waals surface area contributed by atoms with E-state index < -0.39 is 0 Å². The van der Waals surface area contributed by atoms with Gasteiger partial charge in [0.2, 0.25) is 0 Å². The van der Waals surface area contributed by atoms with Gasteiger partial charge in [-0.15, -0.1) is 0 Å². The third-order valence-corrected chi connectivity index (χ3v) is 5.38. The van der Waals surface area contributed by atoms with Crippen molar-refractivity contribution >= 4 is 11.6 Å². The number of aryl methyl sites for hydroxylation is 2. The van der Waals surface area contributed by atoms with Crippen molar-refractivity contribution in [1.82, 2.24) is 20.1 Å². The SMILES string of the molecule is Cc1nn(C)c(Cl)c1CC(NN)C(C)(C)N1CCCCC1. The van der Waals surface area contributed by atoms with Crippen LogP contribution in [0.15, 0.2) is 0 Å². The van der Waals surface area contributed by atoms with E-state index in [1.54, 1.807) is 4.68 Å². The van der Waals surface area contributed by atoms with Gasteiger partial charge in [0.1, 0.15) is 5.15 Å². The molecule has 1 aliphatic rings. The first-order valence-electron chi connectivity index (χ1n) is 7.77. The molecular formula is C15H28ClN5. The molecule has 0 aliphatic carbocycles. The van der Waals surface area contributed by atoms with Crippen LogP contribution in [0.2, 0.25) is 5.15 Å². The van der Waals surface area contributed by atoms with Gasteiger partial charge in [0, 0.05) is 24.2 Å². The highest BCUT2D eigenvalue weighted by Gasteiger charge is 2.36. The summed E-state index contributed by atoms with van der Waals surface area (Å²) in [5.41, 5.74) is 5.07. The summed E-state index contributed by atoms with van der Waals surface area (Å²) in [4.78, 5) is 2.54. The number of likely N-dealkylation sites (tertiary alicyclic amines) is 1. The molecule has 2 heterocycles. The first kappa shape index (κ1) is 16.7. The minimum atomic E-state index is -0.0131. The average Bonchev–Trinajstić information content (AvgIpc) is 2.71. The molecule has 2 rings (SSSR count). The van der Waals surface area contributed by atoms with Gasteiger partial charge in [-0.05, 0) is 53.1 Å². The van der Waals surface area contributed by atoms with Crippen molar-refractivity contribution in [1.29, 1.82) is 0 Å². The van der Waals surface area contributed by atoms with Gasteiger partial charge in [-0.2, -0.15) is 5.10 Å². The minimum absolute atomic E-state index is 0.0131. The van der Waals surface area contributed by atoms with Crippen molar-refractivity contribution in [2.24, 2.45) is 12.9 Å². The second-order valence-electron chi connectivity index (χ2n) is 6.60. The topological polar surface area (TPSA) is 59.1 Å². The van der Waals surface area contributed by atoms with Crippen LogP contribution in [0.1, 0.15) is 44.4 Å². The first-order valence-corrected chi connectivity index (χ1v) is 8.15. The van der Waals surface area contributed by atoms with Crippen LogP contribution >= 0.6 is 11.6 Å². The summed E-state index contributed by atoms with van der Waals surface area (Å²) in [6, 6.07) is 0.135. The van der Waals surface area contributed by atoms with Crippen LogP contribution in [0, 0.1) is 6.92 Å². The Morgan fingerprint density at radius 2 is 1.95 bits per heavy atom. The predicted octanol–water partition coefficient (Wildman–Crippen LogP) is 2.02. The van der Waals surface area contributed by atoms with Gasteiger partial charge in [0.05, 0.1) is 5.69 Å². The van der Waals surface area contributed by atoms with Gasteiger partial charge in [-0.1, -0.05) is 18.0 Å². The fraction of sp³-hybridized carbons (Fsp3) is 0.800. The van der Waals surface area contributed by atoms with E-state index in [1.807, 2.05) is 14.0 Å². The highest BCUT2D eigenvalue weighted by atomic mass is 35.5. The second kappa shape index (κ2) is 6.65. The summed E-state index contributed by atoms with van der Waals surface area (Å²) < 4.78 is 1.73. The van der Waals surface area contributed by atoms with Crippen LogP contribution in [0.4, 0.5) is 0 Å². The maximum absolute atomic E-state index is 6.37. The predicted molar refractivity (Wildman–Crippen MR) is 87.3 cm³/mol. The number of hydrogen-bond acceptors (Lipinski definition) is 4. The molecule has 1 saturated heterocycles. The fourth-order valence-electron chi connectivity index (χ4n) is 3.31. The fourth-order valence-corrected chi connectivity index (χ4v) is 3.56. The lowest BCUT2D eigenvalue weighted by atomic mass is 9.86. The molecule has 5 nitrogen and oxygen atoms in total. The number of halogens is 1. The second-order valence-corrected chi connectivity index (χ2v) is 6.96. The van der Waals surface area contributed by atoms with Crippen LogP contribution in [-0.2, 0) is 13.5 Å². The Bertz CT molecular complexity index is 477. The number of hydrazine groups is 1. The van der Waals surface area contributed by atoms with E-state index in [4.69, 9.17) is 17.4 Å². The molecule has 3 N–H and O–H groups in total. The van der Waals surface area contributed by atoms with Crippen molar-refractivity contribution in [2.45, 2.75) is 58.0 Å². The minimum Gasteiger partial charge on any atom is -0.297 e. The molecule has 6 heteroatoms. The molecule has 1 aromatic heterocycles. The Kier molecular flexibility index (Phi) is 5.30. The third kappa shape index (κ3) is 3.42. The third-order valence-electron chi connectivity index (χ3n) is 4.90. The molecule has 0 spiro atoms. The molecule has 21 heavy (non-hydrogen) atoms. The quantitative estimate of drug-likeness (QED) is 0.645. The summed E-state index contributed by atoms with van der Waals surface area (Å²) in [6.07, 6.45) is 4.67. The van der Waals surface area contributed by atoms with Gasteiger partial charge in [0.15, 0.2) is 0 Å². The van der Waals surface area contributed by atoms with Crippen LogP contribution in [-0.4, -0.2) is 39.4 Å². The molecule has 1 atom stereocenters. The number of rotatable bonds is 5. The molecule has 0 saturated carbocycles. The summed E-state index contributed by atoms with van der Waals surface area (Å²) in [5, 5.41) is 5.11. The Labute approximate surface area is 132 Å². The zero-order valence-electron chi connectivity index (χ0n) is 13.6. The van der Waals surface area contributed by atoms with Crippen LogP contribution in [0.5, 0.6) is 0 Å². The Balaban J connectivity index is 2.18. The maximum atomic E-state index is 6.37. The molecule has 1 unspecified atom stereocenters. The highest BCUT2D eigenvalue weighted by molar-refractivity contribution is 6.30. The van der Waals surface area contributed by atoms with Crippen molar-refractivity contribution in [3.8, 4) is 0 Å². The molecule has 0 amide bonds. The van der Waals surface area contributed by atoms with Crippen molar-refractivity contribution in [3.63, 3.8) is 0 Å². The molecule has 0 aromatic carbocycles. The van der Waals surface area contributed by atoms with Crippen molar-refractivity contribution < 1.29 is 0 Å². The molecular weight excluding hydrogens is 286 g/mol. The number of piperidine rings is 1. The number of hydrogen-bond donors (Lipinski definition) is 2. The normalized spacial score (nSPS) is 19.0. The van der Waals surface area contributed by atoms with Gasteiger partial charge in [0.25, 0.3) is 0 Å².